The Kier molecular flexibility index (Phi) is 3.10. The molecule has 1 aliphatic heterocycles. The molecule has 0 spiro atoms. The van der Waals surface area contributed by atoms with Gasteiger partial charge in [0.05, 0.1) is 0 Å². The average molecular weight is 200 g/mol. The Labute approximate surface area is 91.5 Å². The highest BCUT2D eigenvalue weighted by Crippen LogP contribution is 2.12. The monoisotopic (exact) mass is 200 g/mol. The zero-order chi connectivity index (χ0) is 10.7. The molecule has 1 radical (unpaired) electrons. The third-order valence-corrected chi connectivity index (χ3v) is 2.79. The number of rotatable bonds is 4. The largest absolute Gasteiger partial charge is 0.257 e. The highest BCUT2D eigenvalue weighted by atomic mass is 14.9. The molecule has 0 atom stereocenters. The van der Waals surface area contributed by atoms with Gasteiger partial charge in [-0.2, -0.15) is 0 Å². The van der Waals surface area contributed by atoms with Gasteiger partial charge in [-0.05, 0) is 12.8 Å². The van der Waals surface area contributed by atoms with Crippen molar-refractivity contribution in [1.29, 1.82) is 0 Å². The molecule has 2 rings (SSSR count). The summed E-state index contributed by atoms with van der Waals surface area (Å²) in [5.41, 5.74) is 2.58. The smallest absolute Gasteiger partial charge is 0.0486 e. The van der Waals surface area contributed by atoms with Crippen molar-refractivity contribution in [2.75, 3.05) is 0 Å². The summed E-state index contributed by atoms with van der Waals surface area (Å²) in [6.45, 7) is 4.42. The molecule has 79 valence electrons. The molecule has 1 aliphatic rings. The minimum Gasteiger partial charge on any atom is -0.257 e. The lowest BCUT2D eigenvalue weighted by Gasteiger charge is -2.03. The maximum atomic E-state index is 4.77. The number of benzene rings is 1. The van der Waals surface area contributed by atoms with Crippen LogP contribution in [0.5, 0.6) is 0 Å². The van der Waals surface area contributed by atoms with Crippen molar-refractivity contribution in [3.63, 3.8) is 0 Å². The Morgan fingerprint density at radius 1 is 0.867 bits per heavy atom. The number of hydrogen-bond acceptors (Lipinski definition) is 0. The first-order valence-corrected chi connectivity index (χ1v) is 5.90. The predicted molar refractivity (Wildman–Crippen MR) is 64.5 cm³/mol. The summed E-state index contributed by atoms with van der Waals surface area (Å²) in [4.78, 5) is 0. The molecule has 0 fully saturated rings. The van der Waals surface area contributed by atoms with E-state index in [1.54, 1.807) is 0 Å². The van der Waals surface area contributed by atoms with Gasteiger partial charge < -0.3 is 0 Å². The first kappa shape index (κ1) is 10.3. The van der Waals surface area contributed by atoms with Crippen LogP contribution in [-0.2, 0) is 0 Å². The van der Waals surface area contributed by atoms with Gasteiger partial charge in [0.15, 0.2) is 0 Å². The summed E-state index contributed by atoms with van der Waals surface area (Å²) >= 11 is 0. The maximum absolute atomic E-state index is 4.77. The van der Waals surface area contributed by atoms with Crippen LogP contribution in [0, 0.1) is 0 Å². The lowest BCUT2D eigenvalue weighted by molar-refractivity contribution is 0.888. The summed E-state index contributed by atoms with van der Waals surface area (Å²) in [6, 6.07) is 8.62. The van der Waals surface area contributed by atoms with Crippen molar-refractivity contribution in [2.24, 2.45) is 0 Å². The van der Waals surface area contributed by atoms with Crippen LogP contribution < -0.4 is 15.8 Å². The van der Waals surface area contributed by atoms with E-state index in [0.717, 1.165) is 12.8 Å². The molecule has 1 heteroatoms. The van der Waals surface area contributed by atoms with Crippen molar-refractivity contribution in [2.45, 2.75) is 39.5 Å². The van der Waals surface area contributed by atoms with E-state index in [0.29, 0.717) is 0 Å². The van der Waals surface area contributed by atoms with Gasteiger partial charge in [-0.15, -0.1) is 0 Å². The van der Waals surface area contributed by atoms with Gasteiger partial charge in [0, 0.05) is 21.8 Å². The minimum absolute atomic E-state index is 1.10. The molecule has 0 aromatic heterocycles. The van der Waals surface area contributed by atoms with Gasteiger partial charge >= 0.3 is 0 Å². The average Bonchev–Trinajstić information content (AvgIpc) is 2.59. The van der Waals surface area contributed by atoms with E-state index in [9.17, 15) is 0 Å². The Morgan fingerprint density at radius 2 is 1.33 bits per heavy atom. The van der Waals surface area contributed by atoms with Crippen LogP contribution in [0.4, 0.5) is 0 Å². The fourth-order valence-electron chi connectivity index (χ4n) is 2.12. The molecule has 15 heavy (non-hydrogen) atoms. The van der Waals surface area contributed by atoms with Gasteiger partial charge in [-0.3, -0.25) is 5.32 Å². The van der Waals surface area contributed by atoms with E-state index in [2.05, 4.69) is 38.1 Å². The molecular weight excluding hydrogens is 182 g/mol. The highest BCUT2D eigenvalue weighted by Gasteiger charge is 2.12. The molecular formula is C14H18N. The summed E-state index contributed by atoms with van der Waals surface area (Å²) in [6.07, 6.45) is 4.55. The summed E-state index contributed by atoms with van der Waals surface area (Å²) in [5, 5.41) is 7.50. The Bertz CT molecular complexity index is 413. The van der Waals surface area contributed by atoms with Crippen LogP contribution in [0.25, 0.3) is 11.4 Å². The molecule has 1 aromatic rings. The predicted octanol–water partition coefficient (Wildman–Crippen LogP) is 2.12. The second-order valence-electron chi connectivity index (χ2n) is 4.05. The second-order valence-corrected chi connectivity index (χ2v) is 4.05. The van der Waals surface area contributed by atoms with E-state index in [1.165, 1.54) is 34.7 Å². The lowest BCUT2D eigenvalue weighted by atomic mass is 10.1. The van der Waals surface area contributed by atoms with Crippen LogP contribution in [0.3, 0.4) is 0 Å². The van der Waals surface area contributed by atoms with Crippen LogP contribution in [0.2, 0.25) is 0 Å². The van der Waals surface area contributed by atoms with Crippen LogP contribution >= 0.6 is 0 Å². The first-order valence-electron chi connectivity index (χ1n) is 5.90. The number of fused-ring (bicyclic) bond motifs is 1. The van der Waals surface area contributed by atoms with Crippen molar-refractivity contribution >= 4 is 11.4 Å². The third kappa shape index (κ3) is 1.92. The van der Waals surface area contributed by atoms with Gasteiger partial charge in [0.2, 0.25) is 0 Å². The zero-order valence-electron chi connectivity index (χ0n) is 9.59. The molecule has 0 bridgehead atoms. The van der Waals surface area contributed by atoms with E-state index in [1.807, 2.05) is 0 Å². The second kappa shape index (κ2) is 4.52. The van der Waals surface area contributed by atoms with Crippen molar-refractivity contribution in [3.05, 3.63) is 34.7 Å². The number of hydrogen-bond donors (Lipinski definition) is 0. The molecule has 0 amide bonds. The standard InChI is InChI=1S/C14H18N/c1-3-7-13-11-9-5-6-10-12(11)14(15-13)8-4-2/h5-6,9-10H,3-4,7-8H2,1-2H3. The third-order valence-electron chi connectivity index (χ3n) is 2.79. The van der Waals surface area contributed by atoms with Crippen LogP contribution in [0.15, 0.2) is 24.3 Å². The zero-order valence-corrected chi connectivity index (χ0v) is 9.59. The van der Waals surface area contributed by atoms with Crippen molar-refractivity contribution in [3.8, 4) is 0 Å². The Morgan fingerprint density at radius 3 is 1.73 bits per heavy atom. The molecule has 0 saturated carbocycles. The topological polar surface area (TPSA) is 14.1 Å². The summed E-state index contributed by atoms with van der Waals surface area (Å²) in [5.74, 6) is 0. The van der Waals surface area contributed by atoms with Crippen molar-refractivity contribution < 1.29 is 0 Å². The normalized spacial score (nSPS) is 14.0. The maximum Gasteiger partial charge on any atom is 0.0486 e. The van der Waals surface area contributed by atoms with E-state index in [4.69, 9.17) is 5.32 Å². The summed E-state index contributed by atoms with van der Waals surface area (Å²) in [7, 11) is 0. The van der Waals surface area contributed by atoms with Gasteiger partial charge in [-0.1, -0.05) is 51.0 Å². The van der Waals surface area contributed by atoms with E-state index in [-0.39, 0.29) is 0 Å². The fraction of sp³-hybridized carbons (Fsp3) is 0.429. The Hall–Kier alpha value is -1.24. The van der Waals surface area contributed by atoms with Crippen LogP contribution in [0.1, 0.15) is 39.5 Å². The van der Waals surface area contributed by atoms with Crippen molar-refractivity contribution in [1.82, 2.24) is 5.32 Å². The molecule has 0 unspecified atom stereocenters. The van der Waals surface area contributed by atoms with Crippen LogP contribution in [-0.4, -0.2) is 0 Å². The van der Waals surface area contributed by atoms with E-state index < -0.39 is 0 Å². The highest BCUT2D eigenvalue weighted by molar-refractivity contribution is 5.63. The Balaban J connectivity index is 2.52. The fourth-order valence-corrected chi connectivity index (χ4v) is 2.12. The van der Waals surface area contributed by atoms with Gasteiger partial charge in [0.25, 0.3) is 0 Å². The SMILES string of the molecule is CCCC1=c2ccccc2=C(CCC)[N]1. The molecule has 0 N–H and O–H groups in total. The minimum atomic E-state index is 1.10. The van der Waals surface area contributed by atoms with Gasteiger partial charge in [0.1, 0.15) is 0 Å². The van der Waals surface area contributed by atoms with Gasteiger partial charge in [-0.25, -0.2) is 0 Å². The lowest BCUT2D eigenvalue weighted by Crippen LogP contribution is -2.23. The number of nitrogens with zero attached hydrogens (tertiary/aromatic N) is 1. The quantitative estimate of drug-likeness (QED) is 0.707. The molecule has 0 saturated heterocycles. The molecule has 1 nitrogen and oxygen atoms in total. The molecule has 1 aromatic carbocycles. The van der Waals surface area contributed by atoms with E-state index >= 15 is 0 Å². The molecule has 1 heterocycles. The molecule has 0 aliphatic carbocycles. The summed E-state index contributed by atoms with van der Waals surface area (Å²) < 4.78 is 0. The first-order chi connectivity index (χ1) is 7.36.